The van der Waals surface area contributed by atoms with Crippen molar-refractivity contribution >= 4 is 52.0 Å². The average molecular weight is 653 g/mol. The van der Waals surface area contributed by atoms with E-state index in [0.29, 0.717) is 16.5 Å². The molecule has 0 aliphatic heterocycles. The summed E-state index contributed by atoms with van der Waals surface area (Å²) in [7, 11) is 0. The van der Waals surface area contributed by atoms with Crippen molar-refractivity contribution < 1.29 is 19.1 Å². The molecule has 9 nitrogen and oxygen atoms in total. The maximum atomic E-state index is 13.9. The van der Waals surface area contributed by atoms with Crippen LogP contribution in [-0.2, 0) is 33.6 Å². The molecule has 4 aromatic rings. The molecule has 0 aliphatic rings. The smallest absolute Gasteiger partial charge is 0.408 e. The van der Waals surface area contributed by atoms with Gasteiger partial charge in [-0.3, -0.25) is 9.59 Å². The molecule has 0 unspecified atom stereocenters. The van der Waals surface area contributed by atoms with Crippen LogP contribution in [0.3, 0.4) is 0 Å². The van der Waals surface area contributed by atoms with Crippen LogP contribution >= 0.6 is 23.2 Å². The van der Waals surface area contributed by atoms with Gasteiger partial charge < -0.3 is 31.4 Å². The van der Waals surface area contributed by atoms with Crippen LogP contribution in [-0.4, -0.2) is 53.2 Å². The highest BCUT2D eigenvalue weighted by molar-refractivity contribution is 6.42. The predicted molar refractivity (Wildman–Crippen MR) is 178 cm³/mol. The van der Waals surface area contributed by atoms with Gasteiger partial charge in [-0.05, 0) is 62.1 Å². The lowest BCUT2D eigenvalue weighted by Crippen LogP contribution is -2.57. The number of nitrogens with one attached hydrogen (secondary N) is 4. The second kappa shape index (κ2) is 15.3. The monoisotopic (exact) mass is 651 g/mol. The summed E-state index contributed by atoms with van der Waals surface area (Å²) in [6.45, 7) is 5.38. The van der Waals surface area contributed by atoms with E-state index in [1.807, 2.05) is 66.9 Å². The number of para-hydroxylation sites is 1. The summed E-state index contributed by atoms with van der Waals surface area (Å²) in [5.74, 6) is -0.943. The first-order valence-electron chi connectivity index (χ1n) is 14.7. The molecule has 6 N–H and O–H groups in total. The van der Waals surface area contributed by atoms with Gasteiger partial charge >= 0.3 is 6.09 Å². The number of alkyl carbamates (subject to hydrolysis) is 1. The first-order chi connectivity index (χ1) is 21.4. The summed E-state index contributed by atoms with van der Waals surface area (Å²) in [6, 6.07) is 19.9. The quantitative estimate of drug-likeness (QED) is 0.141. The van der Waals surface area contributed by atoms with Crippen molar-refractivity contribution in [2.24, 2.45) is 5.73 Å². The highest BCUT2D eigenvalue weighted by Gasteiger charge is 2.30. The van der Waals surface area contributed by atoms with Crippen LogP contribution in [0.5, 0.6) is 0 Å². The number of nitrogens with two attached hydrogens (primary N) is 1. The number of carbonyl (C=O) groups is 3. The zero-order valence-corrected chi connectivity index (χ0v) is 27.0. The Balaban J connectivity index is 1.56. The van der Waals surface area contributed by atoms with Crippen molar-refractivity contribution in [1.29, 1.82) is 0 Å². The summed E-state index contributed by atoms with van der Waals surface area (Å²) in [5.41, 5.74) is 8.70. The van der Waals surface area contributed by atoms with Crippen molar-refractivity contribution in [3.05, 3.63) is 106 Å². The maximum Gasteiger partial charge on any atom is 0.408 e. The number of hydrogen-bond acceptors (Lipinski definition) is 5. The molecule has 0 saturated carbocycles. The van der Waals surface area contributed by atoms with Crippen LogP contribution < -0.4 is 21.7 Å². The van der Waals surface area contributed by atoms with Crippen molar-refractivity contribution in [1.82, 2.24) is 20.9 Å². The summed E-state index contributed by atoms with van der Waals surface area (Å²) in [4.78, 5) is 43.7. The van der Waals surface area contributed by atoms with Crippen molar-refractivity contribution in [2.45, 2.75) is 63.8 Å². The van der Waals surface area contributed by atoms with Crippen LogP contribution in [0.2, 0.25) is 10.0 Å². The zero-order valence-electron chi connectivity index (χ0n) is 25.5. The molecule has 3 aromatic carbocycles. The fourth-order valence-electron chi connectivity index (χ4n) is 4.96. The van der Waals surface area contributed by atoms with Gasteiger partial charge in [0, 0.05) is 42.5 Å². The molecule has 4 rings (SSSR count). The summed E-state index contributed by atoms with van der Waals surface area (Å²) in [5, 5.41) is 10.4. The number of benzene rings is 3. The van der Waals surface area contributed by atoms with E-state index in [4.69, 9.17) is 33.7 Å². The van der Waals surface area contributed by atoms with Gasteiger partial charge in [0.05, 0.1) is 10.0 Å². The van der Waals surface area contributed by atoms with Gasteiger partial charge in [-0.2, -0.15) is 0 Å². The minimum Gasteiger partial charge on any atom is -0.444 e. The Morgan fingerprint density at radius 2 is 1.47 bits per heavy atom. The zero-order chi connectivity index (χ0) is 32.6. The molecule has 3 atom stereocenters. The fourth-order valence-corrected chi connectivity index (χ4v) is 5.28. The second-order valence-corrected chi connectivity index (χ2v) is 12.7. The van der Waals surface area contributed by atoms with E-state index in [9.17, 15) is 14.4 Å². The summed E-state index contributed by atoms with van der Waals surface area (Å²) < 4.78 is 5.46. The Morgan fingerprint density at radius 3 is 2.16 bits per heavy atom. The molecule has 1 heterocycles. The van der Waals surface area contributed by atoms with E-state index in [2.05, 4.69) is 20.9 Å². The first kappa shape index (κ1) is 33.8. The molecule has 0 fully saturated rings. The highest BCUT2D eigenvalue weighted by Crippen LogP contribution is 2.23. The van der Waals surface area contributed by atoms with Crippen LogP contribution in [0.1, 0.15) is 37.5 Å². The Bertz CT molecular complexity index is 1620. The minimum absolute atomic E-state index is 0.154. The molecule has 11 heteroatoms. The van der Waals surface area contributed by atoms with Crippen molar-refractivity contribution in [3.63, 3.8) is 0 Å². The Kier molecular flexibility index (Phi) is 11.5. The maximum absolute atomic E-state index is 13.9. The van der Waals surface area contributed by atoms with Gasteiger partial charge in [0.15, 0.2) is 0 Å². The molecule has 3 amide bonds. The lowest BCUT2D eigenvalue weighted by molar-refractivity contribution is -0.130. The number of amides is 3. The van der Waals surface area contributed by atoms with Gasteiger partial charge in [0.25, 0.3) is 0 Å². The van der Waals surface area contributed by atoms with Crippen molar-refractivity contribution in [2.75, 3.05) is 6.54 Å². The van der Waals surface area contributed by atoms with Gasteiger partial charge in [0.2, 0.25) is 11.8 Å². The van der Waals surface area contributed by atoms with Gasteiger partial charge in [-0.25, -0.2) is 4.79 Å². The molecule has 0 bridgehead atoms. The number of H-pyrrole nitrogens is 1. The summed E-state index contributed by atoms with van der Waals surface area (Å²) in [6.07, 6.45) is 1.86. The van der Waals surface area contributed by atoms with Gasteiger partial charge in [0.1, 0.15) is 17.7 Å². The topological polar surface area (TPSA) is 138 Å². The summed E-state index contributed by atoms with van der Waals surface area (Å²) >= 11 is 12.3. The molecular weight excluding hydrogens is 613 g/mol. The van der Waals surface area contributed by atoms with Gasteiger partial charge in [-0.1, -0.05) is 77.8 Å². The number of ether oxygens (including phenoxy) is 1. The minimum atomic E-state index is -1.04. The first-order valence-corrected chi connectivity index (χ1v) is 15.5. The lowest BCUT2D eigenvalue weighted by atomic mass is 10.0. The number of aromatic amines is 1. The molecule has 238 valence electrons. The van der Waals surface area contributed by atoms with E-state index >= 15 is 0 Å². The molecule has 0 spiro atoms. The van der Waals surface area contributed by atoms with E-state index < -0.39 is 41.6 Å². The highest BCUT2D eigenvalue weighted by atomic mass is 35.5. The van der Waals surface area contributed by atoms with Crippen LogP contribution in [0.25, 0.3) is 10.9 Å². The number of rotatable bonds is 12. The number of aromatic nitrogens is 1. The van der Waals surface area contributed by atoms with Crippen molar-refractivity contribution in [3.8, 4) is 0 Å². The van der Waals surface area contributed by atoms with E-state index in [-0.39, 0.29) is 19.4 Å². The standard InChI is InChI=1S/C34H39Cl2N5O4/c1-34(2,3)45-33(44)41-30(18-23-20-38-28-12-8-7-11-25(23)28)32(43)40-29(17-21-9-5-4-6-10-21)31(42)39-24(19-37)15-22-13-14-26(35)27(36)16-22/h4-14,16,20,24,29-30,38H,15,17-19,37H2,1-3H3,(H,39,42)(H,40,43)(H,41,44)/t24-,29+,30+/m1/s1. The second-order valence-electron chi connectivity index (χ2n) is 11.9. The third kappa shape index (κ3) is 9.97. The third-order valence-electron chi connectivity index (χ3n) is 7.12. The van der Waals surface area contributed by atoms with Crippen LogP contribution in [0, 0.1) is 0 Å². The molecule has 1 aromatic heterocycles. The van der Waals surface area contributed by atoms with E-state index in [1.54, 1.807) is 32.9 Å². The normalized spacial score (nSPS) is 13.5. The Hall–Kier alpha value is -4.05. The Morgan fingerprint density at radius 1 is 0.800 bits per heavy atom. The number of halogens is 2. The fraction of sp³-hybridized carbons (Fsp3) is 0.324. The SMILES string of the molecule is CC(C)(C)OC(=O)N[C@@H](Cc1c[nH]c2ccccc12)C(=O)N[C@@H](Cc1ccccc1)C(=O)N[C@@H](CN)Cc1ccc(Cl)c(Cl)c1. The molecule has 0 radical (unpaired) electrons. The predicted octanol–water partition coefficient (Wildman–Crippen LogP) is 5.32. The largest absolute Gasteiger partial charge is 0.444 e. The third-order valence-corrected chi connectivity index (χ3v) is 7.86. The number of carbonyl (C=O) groups excluding carboxylic acids is 3. The Labute approximate surface area is 273 Å². The number of fused-ring (bicyclic) bond motifs is 1. The lowest BCUT2D eigenvalue weighted by Gasteiger charge is -2.26. The van der Waals surface area contributed by atoms with E-state index in [1.165, 1.54) is 0 Å². The molecule has 45 heavy (non-hydrogen) atoms. The van der Waals surface area contributed by atoms with Crippen LogP contribution in [0.4, 0.5) is 4.79 Å². The van der Waals surface area contributed by atoms with Gasteiger partial charge in [-0.15, -0.1) is 0 Å². The van der Waals surface area contributed by atoms with E-state index in [0.717, 1.165) is 27.6 Å². The molecular formula is C34H39Cl2N5O4. The molecule has 0 aliphatic carbocycles. The molecule has 0 saturated heterocycles. The average Bonchev–Trinajstić information content (AvgIpc) is 3.40. The number of hydrogen-bond donors (Lipinski definition) is 5. The van der Waals surface area contributed by atoms with Crippen LogP contribution in [0.15, 0.2) is 79.0 Å².